The molecule has 0 amide bonds. The number of rotatable bonds is 4. The summed E-state index contributed by atoms with van der Waals surface area (Å²) in [5, 5.41) is 17.6. The molecular formula is C13H17N3O. The summed E-state index contributed by atoms with van der Waals surface area (Å²) in [6, 6.07) is 9.89. The van der Waals surface area contributed by atoms with E-state index in [-0.39, 0.29) is 6.61 Å². The first-order chi connectivity index (χ1) is 8.27. The fraction of sp³-hybridized carbons (Fsp3) is 0.385. The minimum absolute atomic E-state index is 0.0989. The Morgan fingerprint density at radius 2 is 1.94 bits per heavy atom. The van der Waals surface area contributed by atoms with Crippen LogP contribution in [0.3, 0.4) is 0 Å². The van der Waals surface area contributed by atoms with Gasteiger partial charge in [0.05, 0.1) is 0 Å². The van der Waals surface area contributed by atoms with Gasteiger partial charge in [-0.1, -0.05) is 32.0 Å². The Balaban J connectivity index is 2.54. The topological polar surface area (TPSA) is 50.9 Å². The van der Waals surface area contributed by atoms with Crippen molar-refractivity contribution in [3.05, 3.63) is 42.0 Å². The lowest BCUT2D eigenvalue weighted by Gasteiger charge is -2.12. The molecule has 0 spiro atoms. The molecule has 90 valence electrons. The molecule has 4 heteroatoms. The van der Waals surface area contributed by atoms with Crippen molar-refractivity contribution in [1.29, 1.82) is 0 Å². The van der Waals surface area contributed by atoms with Crippen molar-refractivity contribution >= 4 is 0 Å². The molecule has 0 bridgehead atoms. The first-order valence-corrected chi connectivity index (χ1v) is 5.88. The molecule has 0 saturated heterocycles. The van der Waals surface area contributed by atoms with E-state index in [1.54, 1.807) is 0 Å². The van der Waals surface area contributed by atoms with E-state index in [4.69, 9.17) is 0 Å². The number of benzene rings is 1. The van der Waals surface area contributed by atoms with Gasteiger partial charge in [-0.25, -0.2) is 0 Å². The van der Waals surface area contributed by atoms with Gasteiger partial charge in [0.1, 0.15) is 12.4 Å². The van der Waals surface area contributed by atoms with Gasteiger partial charge in [-0.05, 0) is 18.6 Å². The summed E-state index contributed by atoms with van der Waals surface area (Å²) in [6.07, 6.45) is 0.996. The van der Waals surface area contributed by atoms with E-state index in [2.05, 4.69) is 24.0 Å². The highest BCUT2D eigenvalue weighted by molar-refractivity contribution is 5.34. The Hall–Kier alpha value is -1.68. The number of hydrogen-bond acceptors (Lipinski definition) is 3. The molecule has 2 aromatic rings. The van der Waals surface area contributed by atoms with Gasteiger partial charge >= 0.3 is 0 Å². The monoisotopic (exact) mass is 231 g/mol. The second kappa shape index (κ2) is 5.10. The molecule has 1 aromatic heterocycles. The van der Waals surface area contributed by atoms with Crippen molar-refractivity contribution in [2.45, 2.75) is 32.8 Å². The van der Waals surface area contributed by atoms with Gasteiger partial charge in [0, 0.05) is 11.6 Å². The van der Waals surface area contributed by atoms with E-state index in [1.807, 2.05) is 34.9 Å². The minimum Gasteiger partial charge on any atom is -0.388 e. The van der Waals surface area contributed by atoms with Crippen LogP contribution in [0.25, 0.3) is 5.69 Å². The number of hydrogen-bond donors (Lipinski definition) is 1. The maximum Gasteiger partial charge on any atom is 0.163 e. The third kappa shape index (κ3) is 2.22. The molecule has 0 aliphatic heterocycles. The quantitative estimate of drug-likeness (QED) is 0.878. The highest BCUT2D eigenvalue weighted by Gasteiger charge is 2.16. The predicted octanol–water partition coefficient (Wildman–Crippen LogP) is 2.27. The van der Waals surface area contributed by atoms with Crippen LogP contribution in [0.2, 0.25) is 0 Å². The maximum absolute atomic E-state index is 9.32. The molecule has 1 aromatic carbocycles. The van der Waals surface area contributed by atoms with Crippen molar-refractivity contribution < 1.29 is 5.11 Å². The van der Waals surface area contributed by atoms with Crippen LogP contribution in [-0.4, -0.2) is 19.9 Å². The van der Waals surface area contributed by atoms with Gasteiger partial charge in [0.2, 0.25) is 0 Å². The van der Waals surface area contributed by atoms with Gasteiger partial charge in [-0.15, -0.1) is 10.2 Å². The SMILES string of the molecule is CCC(C)c1nnc(CO)n1-c1ccccc1. The number of aliphatic hydroxyl groups is 1. The van der Waals surface area contributed by atoms with E-state index in [9.17, 15) is 5.11 Å². The van der Waals surface area contributed by atoms with E-state index < -0.39 is 0 Å². The average molecular weight is 231 g/mol. The normalized spacial score (nSPS) is 12.6. The number of aliphatic hydroxyl groups excluding tert-OH is 1. The highest BCUT2D eigenvalue weighted by Crippen LogP contribution is 2.21. The van der Waals surface area contributed by atoms with Gasteiger partial charge < -0.3 is 5.11 Å². The van der Waals surface area contributed by atoms with Crippen LogP contribution >= 0.6 is 0 Å². The summed E-state index contributed by atoms with van der Waals surface area (Å²) < 4.78 is 1.94. The highest BCUT2D eigenvalue weighted by atomic mass is 16.3. The van der Waals surface area contributed by atoms with Crippen molar-refractivity contribution in [1.82, 2.24) is 14.8 Å². The third-order valence-corrected chi connectivity index (χ3v) is 2.96. The fourth-order valence-corrected chi connectivity index (χ4v) is 1.79. The van der Waals surface area contributed by atoms with Crippen LogP contribution in [0.15, 0.2) is 30.3 Å². The lowest BCUT2D eigenvalue weighted by molar-refractivity contribution is 0.268. The van der Waals surface area contributed by atoms with E-state index in [1.165, 1.54) is 0 Å². The van der Waals surface area contributed by atoms with Crippen LogP contribution in [0.4, 0.5) is 0 Å². The Labute approximate surface area is 101 Å². The second-order valence-corrected chi connectivity index (χ2v) is 4.11. The second-order valence-electron chi connectivity index (χ2n) is 4.11. The smallest absolute Gasteiger partial charge is 0.163 e. The summed E-state index contributed by atoms with van der Waals surface area (Å²) in [7, 11) is 0. The maximum atomic E-state index is 9.32. The molecule has 0 fully saturated rings. The summed E-state index contributed by atoms with van der Waals surface area (Å²) in [5.41, 5.74) is 0.997. The lowest BCUT2D eigenvalue weighted by atomic mass is 10.1. The van der Waals surface area contributed by atoms with Gasteiger partial charge in [-0.3, -0.25) is 4.57 Å². The van der Waals surface area contributed by atoms with Crippen LogP contribution < -0.4 is 0 Å². The van der Waals surface area contributed by atoms with E-state index in [0.29, 0.717) is 11.7 Å². The Kier molecular flexibility index (Phi) is 3.54. The van der Waals surface area contributed by atoms with Gasteiger partial charge in [0.25, 0.3) is 0 Å². The Morgan fingerprint density at radius 3 is 2.53 bits per heavy atom. The Morgan fingerprint density at radius 1 is 1.24 bits per heavy atom. The first-order valence-electron chi connectivity index (χ1n) is 5.88. The molecule has 0 aliphatic carbocycles. The zero-order valence-corrected chi connectivity index (χ0v) is 10.2. The zero-order valence-electron chi connectivity index (χ0n) is 10.2. The standard InChI is InChI=1S/C13H17N3O/c1-3-10(2)13-15-14-12(9-17)16(13)11-7-5-4-6-8-11/h4-8,10,17H,3,9H2,1-2H3. The molecule has 1 heterocycles. The van der Waals surface area contributed by atoms with E-state index in [0.717, 1.165) is 17.9 Å². The summed E-state index contributed by atoms with van der Waals surface area (Å²) in [4.78, 5) is 0. The van der Waals surface area contributed by atoms with Crippen LogP contribution in [0, 0.1) is 0 Å². The lowest BCUT2D eigenvalue weighted by Crippen LogP contribution is -2.07. The molecule has 0 aliphatic rings. The van der Waals surface area contributed by atoms with Gasteiger partial charge in [0.15, 0.2) is 5.82 Å². The predicted molar refractivity (Wildman–Crippen MR) is 66.0 cm³/mol. The van der Waals surface area contributed by atoms with Crippen molar-refractivity contribution in [2.24, 2.45) is 0 Å². The molecule has 1 N–H and O–H groups in total. The molecular weight excluding hydrogens is 214 g/mol. The molecule has 1 atom stereocenters. The van der Waals surface area contributed by atoms with Crippen LogP contribution in [0.1, 0.15) is 37.8 Å². The minimum atomic E-state index is -0.0989. The van der Waals surface area contributed by atoms with Crippen molar-refractivity contribution in [3.63, 3.8) is 0 Å². The molecule has 17 heavy (non-hydrogen) atoms. The summed E-state index contributed by atoms with van der Waals surface area (Å²) in [5.74, 6) is 1.82. The zero-order chi connectivity index (χ0) is 12.3. The molecule has 2 rings (SSSR count). The van der Waals surface area contributed by atoms with Crippen molar-refractivity contribution in [2.75, 3.05) is 0 Å². The average Bonchev–Trinajstić information content (AvgIpc) is 2.82. The van der Waals surface area contributed by atoms with Crippen molar-refractivity contribution in [3.8, 4) is 5.69 Å². The first kappa shape index (κ1) is 11.8. The largest absolute Gasteiger partial charge is 0.388 e. The molecule has 0 radical (unpaired) electrons. The molecule has 4 nitrogen and oxygen atoms in total. The van der Waals surface area contributed by atoms with Crippen LogP contribution in [-0.2, 0) is 6.61 Å². The number of nitrogens with zero attached hydrogens (tertiary/aromatic N) is 3. The third-order valence-electron chi connectivity index (χ3n) is 2.96. The number of aromatic nitrogens is 3. The molecule has 0 saturated carbocycles. The Bertz CT molecular complexity index is 479. The van der Waals surface area contributed by atoms with Crippen LogP contribution in [0.5, 0.6) is 0 Å². The van der Waals surface area contributed by atoms with Gasteiger partial charge in [-0.2, -0.15) is 0 Å². The summed E-state index contributed by atoms with van der Waals surface area (Å²) in [6.45, 7) is 4.14. The molecule has 1 unspecified atom stereocenters. The number of para-hydroxylation sites is 1. The van der Waals surface area contributed by atoms with E-state index >= 15 is 0 Å². The summed E-state index contributed by atoms with van der Waals surface area (Å²) >= 11 is 0. The fourth-order valence-electron chi connectivity index (χ4n) is 1.79.